The molecule has 14 heavy (non-hydrogen) atoms. The van der Waals surface area contributed by atoms with Gasteiger partial charge >= 0.3 is 0 Å². The Morgan fingerprint density at radius 2 is 2.50 bits per heavy atom. The highest BCUT2D eigenvalue weighted by Gasteiger charge is 2.24. The van der Waals surface area contributed by atoms with Crippen LogP contribution in [0.5, 0.6) is 0 Å². The van der Waals surface area contributed by atoms with E-state index in [0.29, 0.717) is 12.6 Å². The van der Waals surface area contributed by atoms with Gasteiger partial charge in [0, 0.05) is 7.11 Å². The fourth-order valence-electron chi connectivity index (χ4n) is 1.70. The van der Waals surface area contributed by atoms with E-state index in [1.165, 1.54) is 19.3 Å². The molecule has 0 amide bonds. The summed E-state index contributed by atoms with van der Waals surface area (Å²) in [5.41, 5.74) is 6.92. The Kier molecular flexibility index (Phi) is 2.79. The van der Waals surface area contributed by atoms with Crippen molar-refractivity contribution in [2.75, 3.05) is 13.7 Å². The summed E-state index contributed by atoms with van der Waals surface area (Å²) >= 11 is 0. The lowest BCUT2D eigenvalue weighted by Gasteiger charge is -2.27. The Bertz CT molecular complexity index is 295. The van der Waals surface area contributed by atoms with Crippen LogP contribution in [0.1, 0.15) is 37.0 Å². The molecular weight excluding hydrogens is 180 g/mol. The predicted octanol–water partition coefficient (Wildman–Crippen LogP) is 0.649. The number of nitrogens with two attached hydrogens (primary N) is 1. The SMILES string of the molecule is COC[C@@H](N)c1cnnn1C1CCC1. The van der Waals surface area contributed by atoms with Crippen molar-refractivity contribution in [2.24, 2.45) is 5.73 Å². The fourth-order valence-corrected chi connectivity index (χ4v) is 1.70. The van der Waals surface area contributed by atoms with Gasteiger partial charge in [-0.3, -0.25) is 0 Å². The molecule has 0 saturated heterocycles. The zero-order chi connectivity index (χ0) is 9.97. The number of hydrogen-bond donors (Lipinski definition) is 1. The Labute approximate surface area is 83.2 Å². The van der Waals surface area contributed by atoms with Gasteiger partial charge < -0.3 is 10.5 Å². The lowest BCUT2D eigenvalue weighted by Crippen LogP contribution is -2.26. The average Bonchev–Trinajstić information content (AvgIpc) is 2.50. The van der Waals surface area contributed by atoms with Gasteiger partial charge in [-0.05, 0) is 19.3 Å². The second kappa shape index (κ2) is 4.06. The molecule has 0 radical (unpaired) electrons. The van der Waals surface area contributed by atoms with Gasteiger partial charge in [-0.1, -0.05) is 5.21 Å². The lowest BCUT2D eigenvalue weighted by molar-refractivity contribution is 0.173. The topological polar surface area (TPSA) is 66.0 Å². The van der Waals surface area contributed by atoms with Crippen molar-refractivity contribution < 1.29 is 4.74 Å². The molecule has 0 unspecified atom stereocenters. The molecule has 1 aromatic rings. The smallest absolute Gasteiger partial charge is 0.0781 e. The normalized spacial score (nSPS) is 19.3. The van der Waals surface area contributed by atoms with E-state index in [2.05, 4.69) is 10.3 Å². The largest absolute Gasteiger partial charge is 0.383 e. The molecule has 1 heterocycles. The second-order valence-corrected chi connectivity index (χ2v) is 3.75. The van der Waals surface area contributed by atoms with Crippen molar-refractivity contribution >= 4 is 0 Å². The molecule has 1 aliphatic rings. The lowest BCUT2D eigenvalue weighted by atomic mass is 9.93. The fraction of sp³-hybridized carbons (Fsp3) is 0.778. The highest BCUT2D eigenvalue weighted by Crippen LogP contribution is 2.32. The van der Waals surface area contributed by atoms with Crippen LogP contribution in [0.4, 0.5) is 0 Å². The van der Waals surface area contributed by atoms with Crippen LogP contribution in [-0.4, -0.2) is 28.7 Å². The van der Waals surface area contributed by atoms with E-state index < -0.39 is 0 Å². The van der Waals surface area contributed by atoms with Gasteiger partial charge in [0.05, 0.1) is 30.6 Å². The number of nitrogens with zero attached hydrogens (tertiary/aromatic N) is 3. The maximum atomic E-state index is 5.94. The minimum Gasteiger partial charge on any atom is -0.383 e. The molecule has 2 N–H and O–H groups in total. The molecule has 1 aliphatic carbocycles. The summed E-state index contributed by atoms with van der Waals surface area (Å²) < 4.78 is 6.97. The van der Waals surface area contributed by atoms with Crippen LogP contribution >= 0.6 is 0 Å². The summed E-state index contributed by atoms with van der Waals surface area (Å²) in [7, 11) is 1.65. The summed E-state index contributed by atoms with van der Waals surface area (Å²) in [5.74, 6) is 0. The first-order valence-corrected chi connectivity index (χ1v) is 4.97. The summed E-state index contributed by atoms with van der Waals surface area (Å²) in [5, 5.41) is 7.98. The molecule has 1 saturated carbocycles. The Balaban J connectivity index is 2.11. The van der Waals surface area contributed by atoms with Gasteiger partial charge in [0.25, 0.3) is 0 Å². The van der Waals surface area contributed by atoms with Gasteiger partial charge in [-0.2, -0.15) is 0 Å². The van der Waals surface area contributed by atoms with Gasteiger partial charge in [-0.15, -0.1) is 5.10 Å². The number of methoxy groups -OCH3 is 1. The summed E-state index contributed by atoms with van der Waals surface area (Å²) in [6.45, 7) is 0.514. The van der Waals surface area contributed by atoms with Gasteiger partial charge in [0.15, 0.2) is 0 Å². The maximum Gasteiger partial charge on any atom is 0.0781 e. The van der Waals surface area contributed by atoms with Crippen LogP contribution in [0, 0.1) is 0 Å². The molecule has 0 aliphatic heterocycles. The molecule has 0 aromatic carbocycles. The molecule has 1 fully saturated rings. The molecule has 0 bridgehead atoms. The third-order valence-corrected chi connectivity index (χ3v) is 2.75. The molecule has 78 valence electrons. The van der Waals surface area contributed by atoms with Crippen molar-refractivity contribution in [1.82, 2.24) is 15.0 Å². The van der Waals surface area contributed by atoms with Crippen LogP contribution < -0.4 is 5.73 Å². The first kappa shape index (κ1) is 9.61. The van der Waals surface area contributed by atoms with Crippen molar-refractivity contribution in [1.29, 1.82) is 0 Å². The Hall–Kier alpha value is -0.940. The molecule has 2 rings (SSSR count). The van der Waals surface area contributed by atoms with Crippen molar-refractivity contribution in [3.8, 4) is 0 Å². The van der Waals surface area contributed by atoms with E-state index in [0.717, 1.165) is 5.69 Å². The van der Waals surface area contributed by atoms with Crippen LogP contribution in [-0.2, 0) is 4.74 Å². The molecule has 5 heteroatoms. The van der Waals surface area contributed by atoms with E-state index >= 15 is 0 Å². The van der Waals surface area contributed by atoms with E-state index in [-0.39, 0.29) is 6.04 Å². The van der Waals surface area contributed by atoms with Gasteiger partial charge in [0.2, 0.25) is 0 Å². The molecule has 0 spiro atoms. The highest BCUT2D eigenvalue weighted by atomic mass is 16.5. The van der Waals surface area contributed by atoms with E-state index in [9.17, 15) is 0 Å². The van der Waals surface area contributed by atoms with Crippen LogP contribution in [0.3, 0.4) is 0 Å². The van der Waals surface area contributed by atoms with Crippen LogP contribution in [0.25, 0.3) is 0 Å². The first-order chi connectivity index (χ1) is 6.83. The average molecular weight is 196 g/mol. The third-order valence-electron chi connectivity index (χ3n) is 2.75. The molecule has 1 atom stereocenters. The third kappa shape index (κ3) is 1.65. The summed E-state index contributed by atoms with van der Waals surface area (Å²) in [6, 6.07) is 0.394. The number of hydrogen-bond acceptors (Lipinski definition) is 4. The second-order valence-electron chi connectivity index (χ2n) is 3.75. The number of ether oxygens (including phenoxy) is 1. The van der Waals surface area contributed by atoms with Crippen molar-refractivity contribution in [2.45, 2.75) is 31.3 Å². The monoisotopic (exact) mass is 196 g/mol. The van der Waals surface area contributed by atoms with Gasteiger partial charge in [-0.25, -0.2) is 4.68 Å². The maximum absolute atomic E-state index is 5.94. The van der Waals surface area contributed by atoms with Crippen molar-refractivity contribution in [3.63, 3.8) is 0 Å². The number of aromatic nitrogens is 3. The standard InChI is InChI=1S/C9H16N4O/c1-14-6-8(10)9-5-11-12-13(9)7-3-2-4-7/h5,7-8H,2-4,6,10H2,1H3/t8-/m1/s1. The highest BCUT2D eigenvalue weighted by molar-refractivity contribution is 5.03. The summed E-state index contributed by atoms with van der Waals surface area (Å²) in [4.78, 5) is 0. The van der Waals surface area contributed by atoms with E-state index in [1.807, 2.05) is 4.68 Å². The van der Waals surface area contributed by atoms with Crippen LogP contribution in [0.15, 0.2) is 6.20 Å². The van der Waals surface area contributed by atoms with E-state index in [4.69, 9.17) is 10.5 Å². The van der Waals surface area contributed by atoms with Crippen LogP contribution in [0.2, 0.25) is 0 Å². The number of rotatable bonds is 4. The zero-order valence-corrected chi connectivity index (χ0v) is 8.39. The van der Waals surface area contributed by atoms with Crippen molar-refractivity contribution in [3.05, 3.63) is 11.9 Å². The minimum atomic E-state index is -0.115. The molecular formula is C9H16N4O. The quantitative estimate of drug-likeness (QED) is 0.767. The Morgan fingerprint density at radius 3 is 3.07 bits per heavy atom. The molecule has 5 nitrogen and oxygen atoms in total. The minimum absolute atomic E-state index is 0.115. The molecule has 1 aromatic heterocycles. The first-order valence-electron chi connectivity index (χ1n) is 4.97. The zero-order valence-electron chi connectivity index (χ0n) is 8.39. The summed E-state index contributed by atoms with van der Waals surface area (Å²) in [6.07, 6.45) is 5.40. The van der Waals surface area contributed by atoms with Gasteiger partial charge in [0.1, 0.15) is 0 Å². The Morgan fingerprint density at radius 1 is 1.71 bits per heavy atom. The predicted molar refractivity (Wildman–Crippen MR) is 51.7 cm³/mol. The van der Waals surface area contributed by atoms with E-state index in [1.54, 1.807) is 13.3 Å².